The van der Waals surface area contributed by atoms with Crippen molar-refractivity contribution in [1.82, 2.24) is 14.5 Å². The lowest BCUT2D eigenvalue weighted by atomic mass is 10.1. The summed E-state index contributed by atoms with van der Waals surface area (Å²) in [5, 5.41) is 13.3. The number of pyridine rings is 1. The van der Waals surface area contributed by atoms with E-state index in [0.717, 1.165) is 11.1 Å². The van der Waals surface area contributed by atoms with E-state index in [9.17, 15) is 9.90 Å². The summed E-state index contributed by atoms with van der Waals surface area (Å²) >= 11 is 6.05. The Kier molecular flexibility index (Phi) is 7.83. The molecule has 0 bridgehead atoms. The van der Waals surface area contributed by atoms with E-state index in [-0.39, 0.29) is 30.3 Å². The number of halogens is 2. The van der Waals surface area contributed by atoms with Gasteiger partial charge in [0.05, 0.1) is 25.3 Å². The quantitative estimate of drug-likeness (QED) is 0.324. The molecule has 178 valence electrons. The maximum atomic E-state index is 11.8. The van der Waals surface area contributed by atoms with Gasteiger partial charge in [-0.25, -0.2) is 14.8 Å². The fourth-order valence-corrected chi connectivity index (χ4v) is 3.67. The number of carboxylic acids is 1. The molecule has 0 saturated heterocycles. The van der Waals surface area contributed by atoms with Crippen LogP contribution in [0.3, 0.4) is 0 Å². The number of fused-ring (bicyclic) bond motifs is 1. The van der Waals surface area contributed by atoms with Gasteiger partial charge in [-0.05, 0) is 29.8 Å². The van der Waals surface area contributed by atoms with Gasteiger partial charge in [-0.15, -0.1) is 12.4 Å². The predicted molar refractivity (Wildman–Crippen MR) is 133 cm³/mol. The number of aromatic carboxylic acids is 1. The van der Waals surface area contributed by atoms with Crippen LogP contribution in [0.25, 0.3) is 16.9 Å². The van der Waals surface area contributed by atoms with Crippen LogP contribution in [0.2, 0.25) is 5.02 Å². The average Bonchev–Trinajstić information content (AvgIpc) is 3.24. The Morgan fingerprint density at radius 1 is 1.18 bits per heavy atom. The van der Waals surface area contributed by atoms with E-state index in [1.165, 1.54) is 6.07 Å². The number of benzene rings is 2. The third-order valence-electron chi connectivity index (χ3n) is 5.18. The highest BCUT2D eigenvalue weighted by Crippen LogP contribution is 2.32. The molecular formula is C23H23Cl2N5O4. The lowest BCUT2D eigenvalue weighted by molar-refractivity contribution is 0.0697. The molecule has 34 heavy (non-hydrogen) atoms. The molecule has 0 spiro atoms. The second-order valence-corrected chi connectivity index (χ2v) is 7.66. The van der Waals surface area contributed by atoms with Crippen LogP contribution in [0, 0.1) is 0 Å². The lowest BCUT2D eigenvalue weighted by Crippen LogP contribution is -2.22. The molecule has 0 unspecified atom stereocenters. The first-order chi connectivity index (χ1) is 15.9. The predicted octanol–water partition coefficient (Wildman–Crippen LogP) is 4.32. The van der Waals surface area contributed by atoms with Crippen LogP contribution < -0.4 is 20.5 Å². The van der Waals surface area contributed by atoms with Gasteiger partial charge in [0.15, 0.2) is 11.5 Å². The summed E-state index contributed by atoms with van der Waals surface area (Å²) in [4.78, 5) is 20.7. The Morgan fingerprint density at radius 2 is 1.91 bits per heavy atom. The summed E-state index contributed by atoms with van der Waals surface area (Å²) in [6.07, 6.45) is 1.60. The average molecular weight is 504 g/mol. The fraction of sp³-hybridized carbons (Fsp3) is 0.174. The molecule has 0 fully saturated rings. The molecule has 2 heterocycles. The molecular weight excluding hydrogens is 481 g/mol. The Balaban J connectivity index is 0.00000324. The minimum Gasteiger partial charge on any atom is -0.493 e. The monoisotopic (exact) mass is 503 g/mol. The summed E-state index contributed by atoms with van der Waals surface area (Å²) in [6.45, 7) is 0.257. The van der Waals surface area contributed by atoms with E-state index < -0.39 is 12.0 Å². The van der Waals surface area contributed by atoms with E-state index in [1.807, 2.05) is 12.1 Å². The molecule has 0 amide bonds. The Morgan fingerprint density at radius 3 is 2.59 bits per heavy atom. The highest BCUT2D eigenvalue weighted by Gasteiger charge is 2.17. The molecule has 0 aliphatic carbocycles. The van der Waals surface area contributed by atoms with Gasteiger partial charge in [-0.2, -0.15) is 0 Å². The van der Waals surface area contributed by atoms with Gasteiger partial charge in [-0.1, -0.05) is 23.7 Å². The van der Waals surface area contributed by atoms with Crippen LogP contribution in [-0.4, -0.2) is 46.4 Å². The minimum absolute atomic E-state index is 0. The molecule has 0 aliphatic rings. The molecule has 11 heteroatoms. The van der Waals surface area contributed by atoms with Gasteiger partial charge in [0.25, 0.3) is 0 Å². The van der Waals surface area contributed by atoms with Crippen molar-refractivity contribution in [3.05, 3.63) is 71.0 Å². The molecule has 2 aromatic carbocycles. The van der Waals surface area contributed by atoms with Gasteiger partial charge < -0.3 is 25.6 Å². The largest absolute Gasteiger partial charge is 0.493 e. The topological polar surface area (TPSA) is 125 Å². The van der Waals surface area contributed by atoms with E-state index >= 15 is 0 Å². The van der Waals surface area contributed by atoms with E-state index in [0.29, 0.717) is 27.9 Å². The number of methoxy groups -OCH3 is 2. The Labute approximate surface area is 206 Å². The van der Waals surface area contributed by atoms with Gasteiger partial charge in [0.1, 0.15) is 23.5 Å². The van der Waals surface area contributed by atoms with Crippen molar-refractivity contribution in [1.29, 1.82) is 0 Å². The van der Waals surface area contributed by atoms with Crippen molar-refractivity contribution in [3.63, 3.8) is 0 Å². The van der Waals surface area contributed by atoms with E-state index in [2.05, 4.69) is 15.3 Å². The van der Waals surface area contributed by atoms with Gasteiger partial charge in [0.2, 0.25) is 0 Å². The second-order valence-electron chi connectivity index (χ2n) is 7.22. The highest BCUT2D eigenvalue weighted by molar-refractivity contribution is 6.30. The van der Waals surface area contributed by atoms with Crippen molar-refractivity contribution in [2.45, 2.75) is 6.04 Å². The molecule has 4 rings (SSSR count). The maximum absolute atomic E-state index is 11.8. The van der Waals surface area contributed by atoms with Gasteiger partial charge in [-0.3, -0.25) is 4.57 Å². The number of hydrogen-bond acceptors (Lipinski definition) is 7. The van der Waals surface area contributed by atoms with Crippen LogP contribution >= 0.6 is 24.0 Å². The van der Waals surface area contributed by atoms with Crippen LogP contribution in [-0.2, 0) is 0 Å². The first kappa shape index (κ1) is 25.1. The number of ether oxygens (including phenoxy) is 2. The molecule has 1 atom stereocenters. The smallest absolute Gasteiger partial charge is 0.339 e. The van der Waals surface area contributed by atoms with Crippen LogP contribution in [0.15, 0.2) is 54.9 Å². The number of rotatable bonds is 8. The first-order valence-electron chi connectivity index (χ1n) is 10.00. The lowest BCUT2D eigenvalue weighted by Gasteiger charge is -2.16. The van der Waals surface area contributed by atoms with E-state index in [1.54, 1.807) is 55.4 Å². The molecule has 0 radical (unpaired) electrons. The highest BCUT2D eigenvalue weighted by atomic mass is 35.5. The number of nitrogens with one attached hydrogen (secondary N) is 1. The Bertz CT molecular complexity index is 1330. The summed E-state index contributed by atoms with van der Waals surface area (Å²) in [5.41, 5.74) is 8.52. The minimum atomic E-state index is -1.10. The molecule has 4 N–H and O–H groups in total. The van der Waals surface area contributed by atoms with Gasteiger partial charge >= 0.3 is 5.97 Å². The number of aromatic nitrogens is 3. The zero-order valence-electron chi connectivity index (χ0n) is 18.4. The number of imidazole rings is 1. The first-order valence-corrected chi connectivity index (χ1v) is 10.4. The van der Waals surface area contributed by atoms with E-state index in [4.69, 9.17) is 26.8 Å². The zero-order valence-corrected chi connectivity index (χ0v) is 19.9. The summed E-state index contributed by atoms with van der Waals surface area (Å²) in [7, 11) is 3.11. The summed E-state index contributed by atoms with van der Waals surface area (Å²) in [5.74, 6) is 0.671. The maximum Gasteiger partial charge on any atom is 0.339 e. The van der Waals surface area contributed by atoms with Crippen LogP contribution in [0.1, 0.15) is 22.0 Å². The van der Waals surface area contributed by atoms with Crippen molar-refractivity contribution in [3.8, 4) is 17.3 Å². The Hall–Kier alpha value is -3.53. The van der Waals surface area contributed by atoms with Crippen LogP contribution in [0.4, 0.5) is 5.82 Å². The number of nitrogens with zero attached hydrogens (tertiary/aromatic N) is 3. The van der Waals surface area contributed by atoms with Crippen molar-refractivity contribution in [2.24, 2.45) is 5.73 Å². The number of nitrogens with two attached hydrogens (primary N) is 1. The molecule has 2 aromatic heterocycles. The molecule has 4 aromatic rings. The van der Waals surface area contributed by atoms with Crippen molar-refractivity contribution < 1.29 is 19.4 Å². The zero-order chi connectivity index (χ0) is 23.5. The third kappa shape index (κ3) is 5.01. The number of carboxylic acid groups (broad SMARTS) is 1. The second kappa shape index (κ2) is 10.6. The fourth-order valence-electron chi connectivity index (χ4n) is 3.47. The summed E-state index contributed by atoms with van der Waals surface area (Å²) < 4.78 is 12.5. The summed E-state index contributed by atoms with van der Waals surface area (Å²) in [6, 6.07) is 13.4. The molecule has 9 nitrogen and oxygen atoms in total. The molecule has 0 aliphatic heterocycles. The molecule has 0 saturated carbocycles. The SMILES string of the molecule is COc1cc2ncn(-c3ccc(C(=O)O)c(NC[C@H](N)c4cccc(Cl)c4)n3)c2cc1OC.Cl. The normalized spacial score (nSPS) is 11.5. The standard InChI is InChI=1S/C23H22ClN5O4.ClH/c1-32-19-9-17-18(10-20(19)33-2)29(12-27-17)21-7-6-15(23(30)31)22(28-21)26-11-16(25)13-4-3-5-14(24)8-13;/h3-10,12,16H,11,25H2,1-2H3,(H,26,28)(H,30,31);1H/t16-;/m0./s1. The number of hydrogen-bond donors (Lipinski definition) is 3. The van der Waals surface area contributed by atoms with Crippen LogP contribution in [0.5, 0.6) is 11.5 Å². The van der Waals surface area contributed by atoms with Gasteiger partial charge in [0, 0.05) is 29.7 Å². The third-order valence-corrected chi connectivity index (χ3v) is 5.41. The van der Waals surface area contributed by atoms with Crippen molar-refractivity contribution >= 4 is 46.8 Å². The number of carbonyl (C=O) groups is 1. The van der Waals surface area contributed by atoms with Crippen molar-refractivity contribution in [2.75, 3.05) is 26.1 Å². The number of anilines is 1.